The predicted octanol–water partition coefficient (Wildman–Crippen LogP) is 4.69. The number of nitrogens with zero attached hydrogens (tertiary/aromatic N) is 1. The summed E-state index contributed by atoms with van der Waals surface area (Å²) in [5, 5.41) is 0.621. The summed E-state index contributed by atoms with van der Waals surface area (Å²) in [5.41, 5.74) is 2.25. The smallest absolute Gasteiger partial charge is 0.228 e. The quantitative estimate of drug-likeness (QED) is 0.716. The Morgan fingerprint density at radius 1 is 1.00 bits per heavy atom. The number of amides is 1. The number of ketones is 1. The molecule has 5 heteroatoms. The fourth-order valence-electron chi connectivity index (χ4n) is 2.34. The number of Topliss-reactive ketones (excluding diaryl/α,β-unsaturated/α-hetero) is 1. The molecule has 3 nitrogen and oxygen atoms in total. The van der Waals surface area contributed by atoms with Crippen LogP contribution in [0.25, 0.3) is 0 Å². The average Bonchev–Trinajstić information content (AvgIpc) is 2.43. The van der Waals surface area contributed by atoms with Crippen molar-refractivity contribution in [2.24, 2.45) is 0 Å². The molecule has 0 bridgehead atoms. The molecule has 0 atom stereocenters. The minimum Gasteiger partial charge on any atom is -0.295 e. The number of carbonyl (C=O) groups is 2. The van der Waals surface area contributed by atoms with Gasteiger partial charge in [-0.05, 0) is 43.3 Å². The van der Waals surface area contributed by atoms with E-state index in [2.05, 4.69) is 0 Å². The zero-order valence-electron chi connectivity index (χ0n) is 11.5. The van der Waals surface area contributed by atoms with Crippen LogP contribution in [-0.4, -0.2) is 11.7 Å². The van der Waals surface area contributed by atoms with E-state index in [1.807, 2.05) is 24.3 Å². The molecule has 3 rings (SSSR count). The lowest BCUT2D eigenvalue weighted by molar-refractivity contribution is -0.115. The molecule has 0 saturated carbocycles. The lowest BCUT2D eigenvalue weighted by Gasteiger charge is -2.30. The Hall–Kier alpha value is -1.78. The van der Waals surface area contributed by atoms with E-state index in [9.17, 15) is 9.59 Å². The third-order valence-electron chi connectivity index (χ3n) is 3.30. The van der Waals surface area contributed by atoms with E-state index in [0.717, 1.165) is 21.2 Å². The first-order valence-corrected chi connectivity index (χ1v) is 7.60. The molecule has 1 aliphatic heterocycles. The van der Waals surface area contributed by atoms with E-state index in [-0.39, 0.29) is 11.7 Å². The minimum atomic E-state index is -0.0734. The molecule has 0 saturated heterocycles. The maximum Gasteiger partial charge on any atom is 0.228 e. The lowest BCUT2D eigenvalue weighted by atomic mass is 10.1. The van der Waals surface area contributed by atoms with Crippen molar-refractivity contribution in [3.05, 3.63) is 47.0 Å². The fourth-order valence-corrected chi connectivity index (χ4v) is 3.71. The highest BCUT2D eigenvalue weighted by Gasteiger charge is 2.26. The maximum absolute atomic E-state index is 12.0. The molecular weight excluding hydrogens is 306 g/mol. The second-order valence-electron chi connectivity index (χ2n) is 4.81. The maximum atomic E-state index is 12.0. The van der Waals surface area contributed by atoms with Crippen LogP contribution in [0.5, 0.6) is 0 Å². The van der Waals surface area contributed by atoms with E-state index >= 15 is 0 Å². The first-order chi connectivity index (χ1) is 9.97. The highest BCUT2D eigenvalue weighted by atomic mass is 35.5. The van der Waals surface area contributed by atoms with Gasteiger partial charge in [-0.2, -0.15) is 0 Å². The lowest BCUT2D eigenvalue weighted by Crippen LogP contribution is -2.25. The molecule has 2 aromatic rings. The zero-order valence-corrected chi connectivity index (χ0v) is 13.1. The fraction of sp³-hybridized carbons (Fsp3) is 0.125. The number of halogens is 1. The van der Waals surface area contributed by atoms with Crippen molar-refractivity contribution in [3.63, 3.8) is 0 Å². The molecule has 1 aliphatic rings. The first-order valence-electron chi connectivity index (χ1n) is 6.40. The molecule has 2 aromatic carbocycles. The Balaban J connectivity index is 2.20. The van der Waals surface area contributed by atoms with Gasteiger partial charge in [0.05, 0.1) is 11.4 Å². The number of rotatable bonds is 1. The Morgan fingerprint density at radius 3 is 2.24 bits per heavy atom. The van der Waals surface area contributed by atoms with Gasteiger partial charge in [0.2, 0.25) is 5.91 Å². The van der Waals surface area contributed by atoms with Gasteiger partial charge < -0.3 is 0 Å². The van der Waals surface area contributed by atoms with Crippen LogP contribution in [0.1, 0.15) is 24.2 Å². The molecule has 0 spiro atoms. The van der Waals surface area contributed by atoms with Crippen molar-refractivity contribution in [1.29, 1.82) is 0 Å². The molecule has 21 heavy (non-hydrogen) atoms. The SMILES string of the molecule is CC(=O)c1ccc2c(c1)Sc1cc(Cl)ccc1N2C(C)=O. The van der Waals surface area contributed by atoms with Crippen LogP contribution < -0.4 is 4.90 Å². The molecule has 1 heterocycles. The van der Waals surface area contributed by atoms with Gasteiger partial charge in [-0.1, -0.05) is 23.4 Å². The Bertz CT molecular complexity index is 773. The average molecular weight is 318 g/mol. The van der Waals surface area contributed by atoms with E-state index in [0.29, 0.717) is 10.6 Å². The predicted molar refractivity (Wildman–Crippen MR) is 84.8 cm³/mol. The summed E-state index contributed by atoms with van der Waals surface area (Å²) < 4.78 is 0. The zero-order chi connectivity index (χ0) is 15.1. The van der Waals surface area contributed by atoms with Gasteiger partial charge in [0.25, 0.3) is 0 Å². The van der Waals surface area contributed by atoms with Gasteiger partial charge in [0.1, 0.15) is 0 Å². The molecule has 0 fully saturated rings. The van der Waals surface area contributed by atoms with Gasteiger partial charge in [-0.25, -0.2) is 0 Å². The number of carbonyl (C=O) groups excluding carboxylic acids is 2. The number of anilines is 2. The summed E-state index contributed by atoms with van der Waals surface area (Å²) in [6.07, 6.45) is 0. The highest BCUT2D eigenvalue weighted by molar-refractivity contribution is 7.99. The summed E-state index contributed by atoms with van der Waals surface area (Å²) in [4.78, 5) is 27.0. The Kier molecular flexibility index (Phi) is 3.51. The summed E-state index contributed by atoms with van der Waals surface area (Å²) in [6, 6.07) is 10.8. The van der Waals surface area contributed by atoms with Gasteiger partial charge in [0.15, 0.2) is 5.78 Å². The van der Waals surface area contributed by atoms with Gasteiger partial charge in [0, 0.05) is 27.3 Å². The van der Waals surface area contributed by atoms with Crippen molar-refractivity contribution in [1.82, 2.24) is 0 Å². The van der Waals surface area contributed by atoms with E-state index in [4.69, 9.17) is 11.6 Å². The van der Waals surface area contributed by atoms with Gasteiger partial charge in [-0.3, -0.25) is 14.5 Å². The van der Waals surface area contributed by atoms with E-state index < -0.39 is 0 Å². The first kappa shape index (κ1) is 14.2. The van der Waals surface area contributed by atoms with Crippen LogP contribution in [0.4, 0.5) is 11.4 Å². The minimum absolute atomic E-state index is 0.00432. The van der Waals surface area contributed by atoms with Crippen LogP contribution >= 0.6 is 23.4 Å². The Labute approximate surface area is 131 Å². The number of hydrogen-bond donors (Lipinski definition) is 0. The van der Waals surface area contributed by atoms with Crippen LogP contribution in [0.2, 0.25) is 5.02 Å². The topological polar surface area (TPSA) is 37.4 Å². The van der Waals surface area contributed by atoms with Crippen LogP contribution in [0.3, 0.4) is 0 Å². The van der Waals surface area contributed by atoms with Crippen molar-refractivity contribution in [2.45, 2.75) is 23.6 Å². The highest BCUT2D eigenvalue weighted by Crippen LogP contribution is 2.49. The van der Waals surface area contributed by atoms with Crippen LogP contribution in [-0.2, 0) is 4.79 Å². The molecule has 0 aromatic heterocycles. The molecular formula is C16H12ClNO2S. The van der Waals surface area contributed by atoms with E-state index in [1.54, 1.807) is 17.0 Å². The molecule has 0 aliphatic carbocycles. The van der Waals surface area contributed by atoms with E-state index in [1.165, 1.54) is 25.6 Å². The van der Waals surface area contributed by atoms with Gasteiger partial charge in [-0.15, -0.1) is 0 Å². The molecule has 106 valence electrons. The summed E-state index contributed by atoms with van der Waals surface area (Å²) in [6.45, 7) is 3.06. The van der Waals surface area contributed by atoms with Crippen molar-refractivity contribution >= 4 is 46.4 Å². The van der Waals surface area contributed by atoms with Crippen LogP contribution in [0.15, 0.2) is 46.2 Å². The number of hydrogen-bond acceptors (Lipinski definition) is 3. The molecule has 0 N–H and O–H groups in total. The van der Waals surface area contributed by atoms with Crippen molar-refractivity contribution in [3.8, 4) is 0 Å². The monoisotopic (exact) mass is 317 g/mol. The third-order valence-corrected chi connectivity index (χ3v) is 4.63. The normalized spacial score (nSPS) is 12.6. The summed E-state index contributed by atoms with van der Waals surface area (Å²) in [5.74, 6) is -0.0691. The van der Waals surface area contributed by atoms with Crippen molar-refractivity contribution in [2.75, 3.05) is 4.90 Å². The standard InChI is InChI=1S/C16H12ClNO2S/c1-9(19)11-3-5-13-15(7-11)21-16-8-12(17)4-6-14(16)18(13)10(2)20/h3-8H,1-2H3. The van der Waals surface area contributed by atoms with Crippen LogP contribution in [0, 0.1) is 0 Å². The van der Waals surface area contributed by atoms with Crippen molar-refractivity contribution < 1.29 is 9.59 Å². The molecule has 0 radical (unpaired) electrons. The third kappa shape index (κ3) is 2.45. The number of fused-ring (bicyclic) bond motifs is 2. The molecule has 0 unspecified atom stereocenters. The summed E-state index contributed by atoms with van der Waals surface area (Å²) in [7, 11) is 0. The second-order valence-corrected chi connectivity index (χ2v) is 6.33. The summed E-state index contributed by atoms with van der Waals surface area (Å²) >= 11 is 7.56. The molecule has 1 amide bonds. The second kappa shape index (κ2) is 5.20. The largest absolute Gasteiger partial charge is 0.295 e. The number of benzene rings is 2. The Morgan fingerprint density at radius 2 is 1.62 bits per heavy atom. The van der Waals surface area contributed by atoms with Gasteiger partial charge >= 0.3 is 0 Å².